The molecule has 0 spiro atoms. The van der Waals surface area contributed by atoms with Crippen LogP contribution in [0, 0.1) is 27.7 Å². The van der Waals surface area contributed by atoms with Crippen molar-refractivity contribution < 1.29 is 76.3 Å². The molecule has 2 aliphatic heterocycles. The van der Waals surface area contributed by atoms with Crippen molar-refractivity contribution in [1.29, 1.82) is 0 Å². The van der Waals surface area contributed by atoms with Gasteiger partial charge >= 0.3 is 23.9 Å². The standard InChI is InChI=1S/C66H48Cl2N2O16/c1-33-7-15-39(16-8-33)83-47-27-43-53-44(62(74)69(61(43)73)31-51(71)79-23-25-81-65(77)37(5)67)29-49(85-41-19-11-35(3)12-20-41)57-58-50(86-42-21-13-36(4)14-22-42)30-46-54-45(63(75)70(64(46)76)32-52(72)80-24-26-82-66(78)38(6)68)28-48(56(60(54)58)55(47)59(53)57)84-40-17-9-34(2)10-18-40/h7-22,27-30H,5-6,23-26,31-32H2,1-4H3. The Hall–Kier alpha value is -10.3. The normalized spacial score (nSPS) is 12.7. The molecule has 0 saturated heterocycles. The first kappa shape index (κ1) is 57.5. The lowest BCUT2D eigenvalue weighted by Crippen LogP contribution is -2.44. The average molecular weight is 1200 g/mol. The van der Waals surface area contributed by atoms with Gasteiger partial charge in [0.15, 0.2) is 0 Å². The number of carbonyl (C=O) groups excluding carboxylic acids is 8. The van der Waals surface area contributed by atoms with E-state index in [9.17, 15) is 19.2 Å². The van der Waals surface area contributed by atoms with E-state index >= 15 is 19.2 Å². The van der Waals surface area contributed by atoms with Crippen molar-refractivity contribution in [2.45, 2.75) is 27.7 Å². The molecule has 11 rings (SSSR count). The van der Waals surface area contributed by atoms with E-state index in [0.717, 1.165) is 32.1 Å². The number of halogens is 2. The molecule has 9 aromatic carbocycles. The summed E-state index contributed by atoms with van der Waals surface area (Å²) in [6.45, 7) is 10.7. The molecule has 4 amide bonds. The summed E-state index contributed by atoms with van der Waals surface area (Å²) in [5.41, 5.74) is 3.25. The molecule has 0 saturated carbocycles. The fourth-order valence-electron chi connectivity index (χ4n) is 10.2. The van der Waals surface area contributed by atoms with E-state index in [0.29, 0.717) is 23.0 Å². The van der Waals surface area contributed by atoms with E-state index in [4.69, 9.17) is 61.1 Å². The van der Waals surface area contributed by atoms with Crippen LogP contribution >= 0.6 is 23.2 Å². The first-order valence-corrected chi connectivity index (χ1v) is 27.4. The number of imide groups is 2. The molecule has 2 heterocycles. The number of rotatable bonds is 20. The quantitative estimate of drug-likeness (QED) is 0.0132. The maximum absolute atomic E-state index is 15.3. The molecule has 0 radical (unpaired) electrons. The predicted molar refractivity (Wildman–Crippen MR) is 317 cm³/mol. The first-order chi connectivity index (χ1) is 41.2. The Morgan fingerprint density at radius 1 is 0.360 bits per heavy atom. The number of benzene rings is 9. The summed E-state index contributed by atoms with van der Waals surface area (Å²) in [6, 6.07) is 34.1. The van der Waals surface area contributed by atoms with E-state index in [1.165, 1.54) is 24.3 Å². The second kappa shape index (κ2) is 23.4. The van der Waals surface area contributed by atoms with Crippen LogP contribution in [0.2, 0.25) is 0 Å². The Kier molecular flexibility index (Phi) is 15.6. The molecule has 0 N–H and O–H groups in total. The van der Waals surface area contributed by atoms with Crippen molar-refractivity contribution in [3.8, 4) is 46.0 Å². The van der Waals surface area contributed by atoms with Gasteiger partial charge < -0.3 is 37.9 Å². The third-order valence-corrected chi connectivity index (χ3v) is 14.5. The van der Waals surface area contributed by atoms with Gasteiger partial charge in [-0.2, -0.15) is 0 Å². The highest BCUT2D eigenvalue weighted by atomic mass is 35.5. The molecule has 0 atom stereocenters. The third kappa shape index (κ3) is 11.1. The van der Waals surface area contributed by atoms with E-state index in [-0.39, 0.29) is 88.3 Å². The highest BCUT2D eigenvalue weighted by Gasteiger charge is 2.42. The lowest BCUT2D eigenvalue weighted by molar-refractivity contribution is -0.150. The van der Waals surface area contributed by atoms with Gasteiger partial charge in [0.25, 0.3) is 23.6 Å². The monoisotopic (exact) mass is 1190 g/mol. The van der Waals surface area contributed by atoms with Crippen LogP contribution in [-0.4, -0.2) is 96.8 Å². The van der Waals surface area contributed by atoms with Crippen molar-refractivity contribution in [3.05, 3.63) is 189 Å². The van der Waals surface area contributed by atoms with Crippen LogP contribution in [0.4, 0.5) is 0 Å². The van der Waals surface area contributed by atoms with Crippen molar-refractivity contribution in [3.63, 3.8) is 0 Å². The SMILES string of the molecule is C=C(Cl)C(=O)OCCOC(=O)CN1C(=O)c2cc(Oc3ccc(C)cc3)c3c4c(Oc5ccc(C)cc5)cc5c6c(cc(Oc7ccc(C)cc7)c(c7c(Oc8ccc(C)cc8)cc(c2c37)C1=O)c64)C(=O)N(CC(=O)OCCOC(=O)C(=C)Cl)C5=O. The van der Waals surface area contributed by atoms with Gasteiger partial charge in [-0.3, -0.25) is 38.6 Å². The highest BCUT2D eigenvalue weighted by molar-refractivity contribution is 6.45. The predicted octanol–water partition coefficient (Wildman–Crippen LogP) is 13.0. The first-order valence-electron chi connectivity index (χ1n) is 26.7. The van der Waals surface area contributed by atoms with Gasteiger partial charge in [0.1, 0.15) is 95.6 Å². The number of ether oxygens (including phenoxy) is 8. The van der Waals surface area contributed by atoms with Gasteiger partial charge in [0, 0.05) is 43.1 Å². The second-order valence-electron chi connectivity index (χ2n) is 20.3. The topological polar surface area (TPSA) is 217 Å². The number of aryl methyl sites for hydroxylation is 4. The van der Waals surface area contributed by atoms with E-state index in [1.807, 2.05) is 76.2 Å². The molecular weight excluding hydrogens is 1150 g/mol. The lowest BCUT2D eigenvalue weighted by atomic mass is 9.80. The summed E-state index contributed by atoms with van der Waals surface area (Å²) in [4.78, 5) is 114. The number of nitrogens with zero attached hydrogens (tertiary/aromatic N) is 2. The van der Waals surface area contributed by atoms with Crippen LogP contribution in [0.25, 0.3) is 43.1 Å². The molecule has 432 valence electrons. The van der Waals surface area contributed by atoms with Crippen molar-refractivity contribution in [2.24, 2.45) is 0 Å². The number of hydrogen-bond donors (Lipinski definition) is 0. The number of esters is 4. The number of hydrogen-bond acceptors (Lipinski definition) is 16. The molecule has 86 heavy (non-hydrogen) atoms. The minimum Gasteiger partial charge on any atom is -0.461 e. The number of fused-ring (bicyclic) bond motifs is 2. The van der Waals surface area contributed by atoms with Gasteiger partial charge in [-0.25, -0.2) is 9.59 Å². The molecule has 0 aromatic heterocycles. The Labute approximate surface area is 499 Å². The molecule has 0 unspecified atom stereocenters. The Balaban J connectivity index is 1.23. The Morgan fingerprint density at radius 3 is 0.826 bits per heavy atom. The van der Waals surface area contributed by atoms with Crippen molar-refractivity contribution in [1.82, 2.24) is 9.80 Å². The molecule has 0 fully saturated rings. The van der Waals surface area contributed by atoms with Gasteiger partial charge in [-0.1, -0.05) is 107 Å². The summed E-state index contributed by atoms with van der Waals surface area (Å²) >= 11 is 11.3. The van der Waals surface area contributed by atoms with Crippen LogP contribution < -0.4 is 18.9 Å². The zero-order chi connectivity index (χ0) is 60.8. The smallest absolute Gasteiger partial charge is 0.349 e. The van der Waals surface area contributed by atoms with E-state index < -0.39 is 97.1 Å². The maximum Gasteiger partial charge on any atom is 0.349 e. The third-order valence-electron chi connectivity index (χ3n) is 14.2. The Bertz CT molecular complexity index is 3880. The fourth-order valence-corrected chi connectivity index (χ4v) is 10.3. The van der Waals surface area contributed by atoms with Crippen LogP contribution in [0.15, 0.2) is 145 Å². The molecule has 18 nitrogen and oxygen atoms in total. The second-order valence-corrected chi connectivity index (χ2v) is 21.2. The van der Waals surface area contributed by atoms with Gasteiger partial charge in [-0.15, -0.1) is 0 Å². The summed E-state index contributed by atoms with van der Waals surface area (Å²) < 4.78 is 48.3. The van der Waals surface area contributed by atoms with Crippen molar-refractivity contribution >= 4 is 114 Å². The lowest BCUT2D eigenvalue weighted by Gasteiger charge is -2.32. The van der Waals surface area contributed by atoms with Crippen LogP contribution in [0.1, 0.15) is 63.7 Å². The molecule has 20 heteroatoms. The van der Waals surface area contributed by atoms with Gasteiger partial charge in [-0.05, 0) is 100 Å². The van der Waals surface area contributed by atoms with Crippen LogP contribution in [0.5, 0.6) is 46.0 Å². The maximum atomic E-state index is 15.3. The molecule has 0 bridgehead atoms. The zero-order valence-electron chi connectivity index (χ0n) is 46.4. The number of carbonyl (C=O) groups is 8. The summed E-state index contributed by atoms with van der Waals surface area (Å²) in [5.74, 6) is -6.27. The summed E-state index contributed by atoms with van der Waals surface area (Å²) in [6.07, 6.45) is 0. The van der Waals surface area contributed by atoms with Gasteiger partial charge in [0.05, 0.1) is 22.3 Å². The van der Waals surface area contributed by atoms with Gasteiger partial charge in [0.2, 0.25) is 0 Å². The molecule has 9 aromatic rings. The zero-order valence-corrected chi connectivity index (χ0v) is 47.9. The highest BCUT2D eigenvalue weighted by Crippen LogP contribution is 2.58. The van der Waals surface area contributed by atoms with E-state index in [1.54, 1.807) is 48.5 Å². The van der Waals surface area contributed by atoms with Crippen LogP contribution in [-0.2, 0) is 38.1 Å². The Morgan fingerprint density at radius 2 is 0.593 bits per heavy atom. The minimum absolute atomic E-state index is 0.0175. The van der Waals surface area contributed by atoms with Crippen LogP contribution in [0.3, 0.4) is 0 Å². The number of amides is 4. The fraction of sp³-hybridized carbons (Fsp3) is 0.152. The molecular formula is C66H48Cl2N2O16. The summed E-state index contributed by atoms with van der Waals surface area (Å²) in [7, 11) is 0. The minimum atomic E-state index is -1.02. The average Bonchev–Trinajstić information content (AvgIpc) is 0.679. The largest absolute Gasteiger partial charge is 0.461 e. The van der Waals surface area contributed by atoms with E-state index in [2.05, 4.69) is 13.2 Å². The summed E-state index contributed by atoms with van der Waals surface area (Å²) in [5, 5.41) is 0.754. The van der Waals surface area contributed by atoms with Crippen molar-refractivity contribution in [2.75, 3.05) is 39.5 Å². The molecule has 2 aliphatic rings. The molecule has 0 aliphatic carbocycles.